The van der Waals surface area contributed by atoms with Gasteiger partial charge >= 0.3 is 5.97 Å². The molecule has 2 aromatic carbocycles. The minimum absolute atomic E-state index is 0.309. The van der Waals surface area contributed by atoms with Gasteiger partial charge in [-0.05, 0) is 31.2 Å². The van der Waals surface area contributed by atoms with Crippen LogP contribution in [0.15, 0.2) is 65.7 Å². The lowest BCUT2D eigenvalue weighted by atomic mass is 10.2. The number of ether oxygens (including phenoxy) is 1. The van der Waals surface area contributed by atoms with E-state index in [1.54, 1.807) is 24.9 Å². The van der Waals surface area contributed by atoms with Gasteiger partial charge in [0.1, 0.15) is 5.56 Å². The average molecular weight is 408 g/mol. The molecule has 0 N–H and O–H groups in total. The Hall–Kier alpha value is -2.77. The van der Waals surface area contributed by atoms with Gasteiger partial charge in [0.05, 0.1) is 22.5 Å². The SMILES string of the molecule is CCOC(=O)c1cnc(-c2nc3ccccc3s2)nc1CSc1ccccc1. The topological polar surface area (TPSA) is 65.0 Å². The van der Waals surface area contributed by atoms with Crippen molar-refractivity contribution in [3.8, 4) is 10.8 Å². The Bertz CT molecular complexity index is 1080. The molecule has 4 rings (SSSR count). The molecule has 0 spiro atoms. The third kappa shape index (κ3) is 4.05. The zero-order chi connectivity index (χ0) is 19.3. The minimum atomic E-state index is -0.401. The van der Waals surface area contributed by atoms with Gasteiger partial charge in [-0.15, -0.1) is 23.1 Å². The zero-order valence-corrected chi connectivity index (χ0v) is 16.8. The second kappa shape index (κ2) is 8.50. The van der Waals surface area contributed by atoms with Crippen LogP contribution in [0.2, 0.25) is 0 Å². The fourth-order valence-corrected chi connectivity index (χ4v) is 4.43. The molecule has 7 heteroatoms. The van der Waals surface area contributed by atoms with Crippen molar-refractivity contribution in [1.82, 2.24) is 15.0 Å². The van der Waals surface area contributed by atoms with Crippen LogP contribution in [0.5, 0.6) is 0 Å². The van der Waals surface area contributed by atoms with Crippen molar-refractivity contribution in [2.45, 2.75) is 17.6 Å². The Kier molecular flexibility index (Phi) is 5.64. The van der Waals surface area contributed by atoms with Gasteiger partial charge in [-0.3, -0.25) is 0 Å². The monoisotopic (exact) mass is 407 g/mol. The number of fused-ring (bicyclic) bond motifs is 1. The summed E-state index contributed by atoms with van der Waals surface area (Å²) < 4.78 is 6.25. The van der Waals surface area contributed by atoms with Gasteiger partial charge in [-0.25, -0.2) is 19.7 Å². The van der Waals surface area contributed by atoms with Crippen molar-refractivity contribution in [3.63, 3.8) is 0 Å². The van der Waals surface area contributed by atoms with E-state index in [4.69, 9.17) is 4.74 Å². The van der Waals surface area contributed by atoms with Crippen molar-refractivity contribution in [2.24, 2.45) is 0 Å². The van der Waals surface area contributed by atoms with E-state index in [1.807, 2.05) is 54.6 Å². The summed E-state index contributed by atoms with van der Waals surface area (Å²) in [7, 11) is 0. The second-order valence-electron chi connectivity index (χ2n) is 5.86. The molecule has 5 nitrogen and oxygen atoms in total. The third-order valence-electron chi connectivity index (χ3n) is 3.97. The van der Waals surface area contributed by atoms with E-state index >= 15 is 0 Å². The maximum atomic E-state index is 12.3. The van der Waals surface area contributed by atoms with Crippen LogP contribution in [0.25, 0.3) is 21.0 Å². The number of thioether (sulfide) groups is 1. The first-order valence-electron chi connectivity index (χ1n) is 8.81. The molecular weight excluding hydrogens is 390 g/mol. The molecular formula is C21H17N3O2S2. The van der Waals surface area contributed by atoms with Crippen LogP contribution in [-0.4, -0.2) is 27.5 Å². The second-order valence-corrected chi connectivity index (χ2v) is 7.94. The van der Waals surface area contributed by atoms with Gasteiger partial charge in [-0.2, -0.15) is 0 Å². The molecule has 0 saturated carbocycles. The molecule has 2 aromatic heterocycles. The number of benzene rings is 2. The summed E-state index contributed by atoms with van der Waals surface area (Å²) in [5.74, 6) is 0.665. The first kappa shape index (κ1) is 18.6. The smallest absolute Gasteiger partial charge is 0.341 e. The highest BCUT2D eigenvalue weighted by Gasteiger charge is 2.18. The van der Waals surface area contributed by atoms with Gasteiger partial charge in [0.15, 0.2) is 10.8 Å². The van der Waals surface area contributed by atoms with Gasteiger partial charge < -0.3 is 4.74 Å². The van der Waals surface area contributed by atoms with E-state index in [9.17, 15) is 4.79 Å². The molecule has 0 bridgehead atoms. The van der Waals surface area contributed by atoms with Crippen LogP contribution in [0, 0.1) is 0 Å². The molecule has 0 unspecified atom stereocenters. The maximum Gasteiger partial charge on any atom is 0.341 e. The highest BCUT2D eigenvalue weighted by molar-refractivity contribution is 7.98. The molecule has 0 amide bonds. The van der Waals surface area contributed by atoms with Crippen molar-refractivity contribution < 1.29 is 9.53 Å². The van der Waals surface area contributed by atoms with E-state index < -0.39 is 5.97 Å². The normalized spacial score (nSPS) is 10.9. The number of thiazole rings is 1. The van der Waals surface area contributed by atoms with Crippen molar-refractivity contribution in [3.05, 3.63) is 72.1 Å². The fraction of sp³-hybridized carbons (Fsp3) is 0.143. The molecule has 28 heavy (non-hydrogen) atoms. The third-order valence-corrected chi connectivity index (χ3v) is 6.02. The number of para-hydroxylation sites is 1. The lowest BCUT2D eigenvalue weighted by Crippen LogP contribution is -2.11. The summed E-state index contributed by atoms with van der Waals surface area (Å²) in [6.07, 6.45) is 1.55. The zero-order valence-electron chi connectivity index (χ0n) is 15.2. The van der Waals surface area contributed by atoms with Crippen LogP contribution in [0.1, 0.15) is 23.0 Å². The van der Waals surface area contributed by atoms with Crippen molar-refractivity contribution in [1.29, 1.82) is 0 Å². The molecule has 0 fully saturated rings. The summed E-state index contributed by atoms with van der Waals surface area (Å²) in [5.41, 5.74) is 1.97. The predicted octanol–water partition coefficient (Wildman–Crippen LogP) is 5.22. The molecule has 0 aliphatic heterocycles. The lowest BCUT2D eigenvalue weighted by Gasteiger charge is -2.09. The van der Waals surface area contributed by atoms with Crippen LogP contribution in [0.3, 0.4) is 0 Å². The van der Waals surface area contributed by atoms with E-state index in [2.05, 4.69) is 15.0 Å². The van der Waals surface area contributed by atoms with E-state index in [1.165, 1.54) is 11.3 Å². The largest absolute Gasteiger partial charge is 0.462 e. The molecule has 0 radical (unpaired) electrons. The summed E-state index contributed by atoms with van der Waals surface area (Å²) in [5, 5.41) is 0.738. The molecule has 2 heterocycles. The van der Waals surface area contributed by atoms with Crippen molar-refractivity contribution in [2.75, 3.05) is 6.61 Å². The summed E-state index contributed by atoms with van der Waals surface area (Å²) in [6, 6.07) is 17.9. The highest BCUT2D eigenvalue weighted by atomic mass is 32.2. The van der Waals surface area contributed by atoms with Crippen LogP contribution >= 0.6 is 23.1 Å². The van der Waals surface area contributed by atoms with Crippen LogP contribution in [0.4, 0.5) is 0 Å². The fourth-order valence-electron chi connectivity index (χ4n) is 2.65. The Balaban J connectivity index is 1.69. The quantitative estimate of drug-likeness (QED) is 0.322. The Morgan fingerprint density at radius 1 is 1.07 bits per heavy atom. The van der Waals surface area contributed by atoms with Crippen LogP contribution < -0.4 is 0 Å². The maximum absolute atomic E-state index is 12.3. The number of carbonyl (C=O) groups excluding carboxylic acids is 1. The average Bonchev–Trinajstić information content (AvgIpc) is 3.17. The van der Waals surface area contributed by atoms with Crippen LogP contribution in [-0.2, 0) is 10.5 Å². The standard InChI is InChI=1S/C21H17N3O2S2/c1-2-26-21(25)15-12-22-19(20-24-16-10-6-7-11-18(16)28-20)23-17(15)13-27-14-8-4-3-5-9-14/h3-12H,2,13H2,1H3. The van der Waals surface area contributed by atoms with E-state index in [-0.39, 0.29) is 0 Å². The first-order chi connectivity index (χ1) is 13.7. The Labute approximate surface area is 170 Å². The number of esters is 1. The van der Waals surface area contributed by atoms with Gasteiger partial charge in [-0.1, -0.05) is 30.3 Å². The highest BCUT2D eigenvalue weighted by Crippen LogP contribution is 2.29. The molecule has 4 aromatic rings. The number of hydrogen-bond donors (Lipinski definition) is 0. The number of rotatable bonds is 6. The van der Waals surface area contributed by atoms with Crippen molar-refractivity contribution >= 4 is 39.3 Å². The Morgan fingerprint density at radius 3 is 2.64 bits per heavy atom. The first-order valence-corrected chi connectivity index (χ1v) is 10.6. The number of hydrogen-bond acceptors (Lipinski definition) is 7. The predicted molar refractivity (Wildman–Crippen MR) is 113 cm³/mol. The van der Waals surface area contributed by atoms with Gasteiger partial charge in [0.2, 0.25) is 0 Å². The Morgan fingerprint density at radius 2 is 1.86 bits per heavy atom. The minimum Gasteiger partial charge on any atom is -0.462 e. The summed E-state index contributed by atoms with van der Waals surface area (Å²) >= 11 is 3.16. The van der Waals surface area contributed by atoms with E-state index in [0.717, 1.165) is 20.1 Å². The molecule has 0 aliphatic carbocycles. The van der Waals surface area contributed by atoms with Gasteiger partial charge in [0.25, 0.3) is 0 Å². The number of aromatic nitrogens is 3. The summed E-state index contributed by atoms with van der Waals surface area (Å²) in [6.45, 7) is 2.09. The summed E-state index contributed by atoms with van der Waals surface area (Å²) in [4.78, 5) is 27.1. The molecule has 0 atom stereocenters. The number of carbonyl (C=O) groups is 1. The molecule has 0 saturated heterocycles. The van der Waals surface area contributed by atoms with Gasteiger partial charge in [0, 0.05) is 16.8 Å². The molecule has 140 valence electrons. The number of nitrogens with zero attached hydrogens (tertiary/aromatic N) is 3. The van der Waals surface area contributed by atoms with E-state index in [0.29, 0.717) is 29.4 Å². The molecule has 0 aliphatic rings. The lowest BCUT2D eigenvalue weighted by molar-refractivity contribution is 0.0524.